The number of rotatable bonds is 5. The van der Waals surface area contributed by atoms with Crippen molar-refractivity contribution in [1.82, 2.24) is 0 Å². The lowest BCUT2D eigenvalue weighted by Gasteiger charge is -2.13. The maximum absolute atomic E-state index is 5.50. The summed E-state index contributed by atoms with van der Waals surface area (Å²) in [5, 5.41) is 2.07. The smallest absolute Gasteiger partial charge is 0.130 e. The topological polar surface area (TPSA) is 53.7 Å². The van der Waals surface area contributed by atoms with Gasteiger partial charge in [-0.15, -0.1) is 0 Å². The van der Waals surface area contributed by atoms with Crippen LogP contribution < -0.4 is 15.4 Å². The number of hydrogen-bond donors (Lipinski definition) is 1. The zero-order valence-electron chi connectivity index (χ0n) is 10.6. The summed E-state index contributed by atoms with van der Waals surface area (Å²) in [6.07, 6.45) is 0.715. The van der Waals surface area contributed by atoms with Crippen LogP contribution in [0.2, 0.25) is 0 Å². The fourth-order valence-corrected chi connectivity index (χ4v) is 2.13. The molecule has 2 rings (SSSR count). The Balaban J connectivity index is 2.57. The highest BCUT2D eigenvalue weighted by atomic mass is 16.6. The van der Waals surface area contributed by atoms with Gasteiger partial charge in [0.25, 0.3) is 0 Å². The van der Waals surface area contributed by atoms with Crippen molar-refractivity contribution < 1.29 is 14.3 Å². The Bertz CT molecular complexity index is 540. The minimum Gasteiger partial charge on any atom is -0.496 e. The first-order valence-corrected chi connectivity index (χ1v) is 5.76. The maximum Gasteiger partial charge on any atom is 0.130 e. The molecule has 4 nitrogen and oxygen atoms in total. The molecule has 0 atom stereocenters. The van der Waals surface area contributed by atoms with Crippen LogP contribution in [0.15, 0.2) is 30.3 Å². The van der Waals surface area contributed by atoms with Crippen LogP contribution in [-0.4, -0.2) is 20.8 Å². The van der Waals surface area contributed by atoms with Crippen molar-refractivity contribution in [2.45, 2.75) is 6.42 Å². The van der Waals surface area contributed by atoms with E-state index in [4.69, 9.17) is 15.4 Å². The third-order valence-electron chi connectivity index (χ3n) is 2.97. The fraction of sp³-hybridized carbons (Fsp3) is 0.286. The van der Waals surface area contributed by atoms with E-state index in [0.717, 1.165) is 27.8 Å². The normalized spacial score (nSPS) is 10.6. The molecule has 2 aromatic rings. The summed E-state index contributed by atoms with van der Waals surface area (Å²) in [5.74, 6) is 6.76. The van der Waals surface area contributed by atoms with Crippen LogP contribution in [0.3, 0.4) is 0 Å². The van der Waals surface area contributed by atoms with Crippen molar-refractivity contribution in [3.63, 3.8) is 0 Å². The van der Waals surface area contributed by atoms with Crippen molar-refractivity contribution in [3.8, 4) is 11.5 Å². The largest absolute Gasteiger partial charge is 0.496 e. The fourth-order valence-electron chi connectivity index (χ4n) is 2.13. The van der Waals surface area contributed by atoms with E-state index in [9.17, 15) is 0 Å². The van der Waals surface area contributed by atoms with Gasteiger partial charge in [0.2, 0.25) is 0 Å². The number of ether oxygens (including phenoxy) is 2. The molecule has 0 heterocycles. The summed E-state index contributed by atoms with van der Waals surface area (Å²) in [7, 11) is 3.33. The Morgan fingerprint density at radius 3 is 2.50 bits per heavy atom. The summed E-state index contributed by atoms with van der Waals surface area (Å²) in [6.45, 7) is 0.464. The van der Waals surface area contributed by atoms with Gasteiger partial charge in [0.15, 0.2) is 0 Å². The molecule has 0 saturated carbocycles. The van der Waals surface area contributed by atoms with Gasteiger partial charge < -0.3 is 14.3 Å². The Morgan fingerprint density at radius 2 is 1.83 bits per heavy atom. The van der Waals surface area contributed by atoms with Crippen molar-refractivity contribution >= 4 is 10.8 Å². The molecule has 0 radical (unpaired) electrons. The number of fused-ring (bicyclic) bond motifs is 1. The molecule has 2 aromatic carbocycles. The quantitative estimate of drug-likeness (QED) is 0.824. The molecule has 0 unspecified atom stereocenters. The minimum absolute atomic E-state index is 0.464. The van der Waals surface area contributed by atoms with Gasteiger partial charge in [0.05, 0.1) is 20.8 Å². The molecule has 4 heteroatoms. The average molecular weight is 247 g/mol. The molecule has 0 aliphatic heterocycles. The van der Waals surface area contributed by atoms with Gasteiger partial charge in [-0.25, -0.2) is 5.90 Å². The summed E-state index contributed by atoms with van der Waals surface area (Å²) < 4.78 is 10.9. The van der Waals surface area contributed by atoms with Gasteiger partial charge in [-0.2, -0.15) is 0 Å². The van der Waals surface area contributed by atoms with E-state index in [1.165, 1.54) is 0 Å². The van der Waals surface area contributed by atoms with Gasteiger partial charge in [-0.1, -0.05) is 24.3 Å². The summed E-state index contributed by atoms with van der Waals surface area (Å²) >= 11 is 0. The molecule has 0 aromatic heterocycles. The molecule has 0 saturated heterocycles. The minimum atomic E-state index is 0.464. The van der Waals surface area contributed by atoms with E-state index < -0.39 is 0 Å². The van der Waals surface area contributed by atoms with Crippen molar-refractivity contribution in [2.75, 3.05) is 20.8 Å². The van der Waals surface area contributed by atoms with Gasteiger partial charge >= 0.3 is 0 Å². The summed E-state index contributed by atoms with van der Waals surface area (Å²) in [5.41, 5.74) is 1.07. The molecular weight excluding hydrogens is 230 g/mol. The first-order chi connectivity index (χ1) is 8.81. The standard InChI is InChI=1S/C14H17NO3/c1-16-13-5-3-4-12-11(13)7-6-10(8-9-18-15)14(12)17-2/h3-7H,8-9,15H2,1-2H3. The van der Waals surface area contributed by atoms with Crippen LogP contribution in [-0.2, 0) is 11.3 Å². The molecular formula is C14H17NO3. The van der Waals surface area contributed by atoms with Gasteiger partial charge in [-0.3, -0.25) is 0 Å². The van der Waals surface area contributed by atoms with Crippen molar-refractivity contribution in [1.29, 1.82) is 0 Å². The zero-order chi connectivity index (χ0) is 13.0. The highest BCUT2D eigenvalue weighted by Crippen LogP contribution is 2.34. The molecule has 0 aliphatic carbocycles. The van der Waals surface area contributed by atoms with E-state index in [-0.39, 0.29) is 0 Å². The van der Waals surface area contributed by atoms with E-state index in [1.54, 1.807) is 14.2 Å². The second-order valence-corrected chi connectivity index (χ2v) is 3.93. The van der Waals surface area contributed by atoms with Gasteiger partial charge in [0, 0.05) is 17.2 Å². The monoisotopic (exact) mass is 247 g/mol. The zero-order valence-corrected chi connectivity index (χ0v) is 10.6. The van der Waals surface area contributed by atoms with Crippen LogP contribution in [0.5, 0.6) is 11.5 Å². The Morgan fingerprint density at radius 1 is 1.00 bits per heavy atom. The van der Waals surface area contributed by atoms with Crippen LogP contribution in [0.4, 0.5) is 0 Å². The first-order valence-electron chi connectivity index (χ1n) is 5.76. The Hall–Kier alpha value is -1.78. The van der Waals surface area contributed by atoms with E-state index in [0.29, 0.717) is 13.0 Å². The number of methoxy groups -OCH3 is 2. The third kappa shape index (κ3) is 2.25. The molecule has 0 amide bonds. The molecule has 2 N–H and O–H groups in total. The number of benzene rings is 2. The predicted octanol–water partition coefficient (Wildman–Crippen LogP) is 2.29. The number of hydrogen-bond acceptors (Lipinski definition) is 4. The molecule has 0 spiro atoms. The van der Waals surface area contributed by atoms with Gasteiger partial charge in [-0.05, 0) is 11.6 Å². The van der Waals surface area contributed by atoms with Crippen molar-refractivity contribution in [2.24, 2.45) is 5.90 Å². The third-order valence-corrected chi connectivity index (χ3v) is 2.97. The Kier molecular flexibility index (Phi) is 4.02. The lowest BCUT2D eigenvalue weighted by molar-refractivity contribution is 0.141. The Labute approximate surface area is 106 Å². The van der Waals surface area contributed by atoms with E-state index >= 15 is 0 Å². The van der Waals surface area contributed by atoms with Crippen LogP contribution in [0, 0.1) is 0 Å². The lowest BCUT2D eigenvalue weighted by atomic mass is 10.0. The molecule has 96 valence electrons. The summed E-state index contributed by atoms with van der Waals surface area (Å²) in [4.78, 5) is 4.62. The van der Waals surface area contributed by atoms with Crippen molar-refractivity contribution in [3.05, 3.63) is 35.9 Å². The predicted molar refractivity (Wildman–Crippen MR) is 70.9 cm³/mol. The number of nitrogens with two attached hydrogens (primary N) is 1. The van der Waals surface area contributed by atoms with Crippen LogP contribution >= 0.6 is 0 Å². The molecule has 0 fully saturated rings. The molecule has 0 aliphatic rings. The van der Waals surface area contributed by atoms with Crippen LogP contribution in [0.25, 0.3) is 10.8 Å². The highest BCUT2D eigenvalue weighted by molar-refractivity contribution is 5.94. The van der Waals surface area contributed by atoms with E-state index in [2.05, 4.69) is 4.84 Å². The summed E-state index contributed by atoms with van der Waals surface area (Å²) in [6, 6.07) is 9.95. The van der Waals surface area contributed by atoms with Crippen LogP contribution in [0.1, 0.15) is 5.56 Å². The average Bonchev–Trinajstić information content (AvgIpc) is 2.43. The van der Waals surface area contributed by atoms with E-state index in [1.807, 2.05) is 30.3 Å². The van der Waals surface area contributed by atoms with Gasteiger partial charge in [0.1, 0.15) is 11.5 Å². The lowest BCUT2D eigenvalue weighted by Crippen LogP contribution is -2.05. The molecule has 0 bridgehead atoms. The SMILES string of the molecule is COc1cccc2c(OC)c(CCON)ccc12. The molecule has 18 heavy (non-hydrogen) atoms. The second-order valence-electron chi connectivity index (χ2n) is 3.93. The maximum atomic E-state index is 5.50. The highest BCUT2D eigenvalue weighted by Gasteiger charge is 2.10. The second kappa shape index (κ2) is 5.71. The first kappa shape index (κ1) is 12.7.